The third-order valence-corrected chi connectivity index (χ3v) is 1.80. The fourth-order valence-corrected chi connectivity index (χ4v) is 1.48. The molecule has 0 aromatic carbocycles. The van der Waals surface area contributed by atoms with E-state index in [0.29, 0.717) is 6.42 Å². The minimum atomic E-state index is -0.642. The van der Waals surface area contributed by atoms with Crippen LogP contribution in [0.3, 0.4) is 0 Å². The molecule has 0 radical (unpaired) electrons. The van der Waals surface area contributed by atoms with Gasteiger partial charge < -0.3 is 14.3 Å². The molecule has 3 atom stereocenters. The molecule has 0 unspecified atom stereocenters. The van der Waals surface area contributed by atoms with E-state index in [-0.39, 0.29) is 12.4 Å². The van der Waals surface area contributed by atoms with Crippen molar-refractivity contribution in [1.29, 1.82) is 0 Å². The Hall–Kier alpha value is -0.410. The minimum Gasteiger partial charge on any atom is -0.350 e. The summed E-state index contributed by atoms with van der Waals surface area (Å²) in [7, 11) is 0. The Bertz CT molecular complexity index is 145. The van der Waals surface area contributed by atoms with Gasteiger partial charge in [-0.1, -0.05) is 0 Å². The second-order valence-corrected chi connectivity index (χ2v) is 3.27. The summed E-state index contributed by atoms with van der Waals surface area (Å²) in [5.41, 5.74) is -0.642. The summed E-state index contributed by atoms with van der Waals surface area (Å²) in [6.45, 7) is 5.54. The van der Waals surface area contributed by atoms with E-state index in [1.54, 1.807) is 13.8 Å². The van der Waals surface area contributed by atoms with Gasteiger partial charge in [-0.05, 0) is 20.8 Å². The van der Waals surface area contributed by atoms with E-state index in [2.05, 4.69) is 0 Å². The molecule has 1 aliphatic rings. The lowest BCUT2D eigenvalue weighted by molar-refractivity contribution is -0.253. The molecule has 64 valence electrons. The van der Waals surface area contributed by atoms with Crippen molar-refractivity contribution in [3.63, 3.8) is 0 Å². The van der Waals surface area contributed by atoms with Crippen LogP contribution in [0, 0.1) is 0 Å². The maximum atomic E-state index is 10.6. The van der Waals surface area contributed by atoms with Gasteiger partial charge in [-0.15, -0.1) is 0 Å². The molecule has 0 N–H and O–H groups in total. The van der Waals surface area contributed by atoms with Crippen molar-refractivity contribution in [3.05, 3.63) is 0 Å². The molecule has 0 saturated carbocycles. The Morgan fingerprint density at radius 2 is 2.18 bits per heavy atom. The van der Waals surface area contributed by atoms with E-state index in [9.17, 15) is 4.79 Å². The molecule has 0 bridgehead atoms. The normalized spacial score (nSPS) is 45.4. The van der Waals surface area contributed by atoms with Crippen LogP contribution in [0.2, 0.25) is 0 Å². The van der Waals surface area contributed by atoms with Gasteiger partial charge in [0, 0.05) is 6.42 Å². The Morgan fingerprint density at radius 3 is 2.64 bits per heavy atom. The summed E-state index contributed by atoms with van der Waals surface area (Å²) in [6.07, 6.45) is 1.33. The molecule has 1 saturated heterocycles. The standard InChI is InChI=1S/C8H14O3/c1-6-4-8(3,5-9)11-7(2)10-6/h5-7H,4H2,1-3H3/t6-,7+,8+/m1/s1. The summed E-state index contributed by atoms with van der Waals surface area (Å²) in [5.74, 6) is 0. The second-order valence-electron chi connectivity index (χ2n) is 3.27. The van der Waals surface area contributed by atoms with E-state index in [1.165, 1.54) is 0 Å². The molecule has 0 amide bonds. The molecular weight excluding hydrogens is 144 g/mol. The molecule has 1 fully saturated rings. The summed E-state index contributed by atoms with van der Waals surface area (Å²) in [6, 6.07) is 0. The highest BCUT2D eigenvalue weighted by Gasteiger charge is 2.34. The van der Waals surface area contributed by atoms with Gasteiger partial charge in [0.15, 0.2) is 12.6 Å². The molecule has 0 aromatic heterocycles. The van der Waals surface area contributed by atoms with Crippen LogP contribution in [-0.2, 0) is 14.3 Å². The Morgan fingerprint density at radius 1 is 1.55 bits per heavy atom. The van der Waals surface area contributed by atoms with Crippen molar-refractivity contribution in [2.45, 2.75) is 45.2 Å². The maximum absolute atomic E-state index is 10.6. The highest BCUT2D eigenvalue weighted by molar-refractivity contribution is 5.61. The summed E-state index contributed by atoms with van der Waals surface area (Å²) in [4.78, 5) is 10.6. The molecule has 3 heteroatoms. The monoisotopic (exact) mass is 158 g/mol. The number of rotatable bonds is 1. The van der Waals surface area contributed by atoms with Gasteiger partial charge in [0.05, 0.1) is 6.10 Å². The van der Waals surface area contributed by atoms with Gasteiger partial charge >= 0.3 is 0 Å². The minimum absolute atomic E-state index is 0.106. The molecular formula is C8H14O3. The zero-order valence-corrected chi connectivity index (χ0v) is 7.16. The summed E-state index contributed by atoms with van der Waals surface area (Å²) in [5, 5.41) is 0. The van der Waals surface area contributed by atoms with E-state index >= 15 is 0 Å². The van der Waals surface area contributed by atoms with E-state index < -0.39 is 5.60 Å². The SMILES string of the molecule is C[C@H]1O[C@H](C)C[C@@](C)(C=O)O1. The highest BCUT2D eigenvalue weighted by Crippen LogP contribution is 2.25. The van der Waals surface area contributed by atoms with Crippen molar-refractivity contribution in [2.75, 3.05) is 0 Å². The predicted octanol–water partition coefficient (Wildman–Crippen LogP) is 1.12. The molecule has 1 aliphatic heterocycles. The van der Waals surface area contributed by atoms with Crippen molar-refractivity contribution >= 4 is 6.29 Å². The largest absolute Gasteiger partial charge is 0.350 e. The molecule has 0 aromatic rings. The topological polar surface area (TPSA) is 35.5 Å². The summed E-state index contributed by atoms with van der Waals surface area (Å²) < 4.78 is 10.6. The van der Waals surface area contributed by atoms with Crippen LogP contribution in [0.1, 0.15) is 27.2 Å². The van der Waals surface area contributed by atoms with Crippen molar-refractivity contribution in [3.8, 4) is 0 Å². The molecule has 0 spiro atoms. The van der Waals surface area contributed by atoms with Crippen LogP contribution in [0.15, 0.2) is 0 Å². The molecule has 1 heterocycles. The first-order chi connectivity index (χ1) is 5.06. The van der Waals surface area contributed by atoms with Gasteiger partial charge in [0.2, 0.25) is 0 Å². The van der Waals surface area contributed by atoms with Crippen molar-refractivity contribution in [1.82, 2.24) is 0 Å². The number of carbonyl (C=O) groups excluding carboxylic acids is 1. The number of aldehydes is 1. The number of ether oxygens (including phenoxy) is 2. The van der Waals surface area contributed by atoms with Gasteiger partial charge in [-0.3, -0.25) is 0 Å². The van der Waals surface area contributed by atoms with Crippen LogP contribution in [0.4, 0.5) is 0 Å². The fraction of sp³-hybridized carbons (Fsp3) is 0.875. The number of hydrogen-bond donors (Lipinski definition) is 0. The van der Waals surface area contributed by atoms with Crippen molar-refractivity contribution < 1.29 is 14.3 Å². The lowest BCUT2D eigenvalue weighted by atomic mass is 9.99. The Kier molecular flexibility index (Phi) is 2.30. The zero-order valence-electron chi connectivity index (χ0n) is 7.16. The Balaban J connectivity index is 2.62. The first-order valence-corrected chi connectivity index (χ1v) is 3.85. The van der Waals surface area contributed by atoms with Crippen LogP contribution in [0.5, 0.6) is 0 Å². The number of carbonyl (C=O) groups is 1. The van der Waals surface area contributed by atoms with E-state index in [0.717, 1.165) is 6.29 Å². The third kappa shape index (κ3) is 2.01. The predicted molar refractivity (Wildman–Crippen MR) is 40.2 cm³/mol. The smallest absolute Gasteiger partial charge is 0.156 e. The quantitative estimate of drug-likeness (QED) is 0.536. The second kappa shape index (κ2) is 2.91. The first-order valence-electron chi connectivity index (χ1n) is 3.85. The lowest BCUT2D eigenvalue weighted by Gasteiger charge is -2.36. The lowest BCUT2D eigenvalue weighted by Crippen LogP contribution is -2.44. The van der Waals surface area contributed by atoms with Gasteiger partial charge in [-0.2, -0.15) is 0 Å². The third-order valence-electron chi connectivity index (χ3n) is 1.80. The van der Waals surface area contributed by atoms with E-state index in [1.807, 2.05) is 6.92 Å². The highest BCUT2D eigenvalue weighted by atomic mass is 16.7. The number of hydrogen-bond acceptors (Lipinski definition) is 3. The zero-order chi connectivity index (χ0) is 8.48. The molecule has 0 aliphatic carbocycles. The Labute approximate surface area is 66.7 Å². The average molecular weight is 158 g/mol. The fourth-order valence-electron chi connectivity index (χ4n) is 1.48. The van der Waals surface area contributed by atoms with Crippen LogP contribution in [-0.4, -0.2) is 24.3 Å². The van der Waals surface area contributed by atoms with E-state index in [4.69, 9.17) is 9.47 Å². The van der Waals surface area contributed by atoms with Gasteiger partial charge in [-0.25, -0.2) is 0 Å². The first kappa shape index (κ1) is 8.68. The summed E-state index contributed by atoms with van der Waals surface area (Å²) >= 11 is 0. The average Bonchev–Trinajstić information content (AvgIpc) is 1.84. The molecule has 3 nitrogen and oxygen atoms in total. The van der Waals surface area contributed by atoms with Crippen molar-refractivity contribution in [2.24, 2.45) is 0 Å². The molecule has 1 rings (SSSR count). The van der Waals surface area contributed by atoms with Crippen LogP contribution < -0.4 is 0 Å². The van der Waals surface area contributed by atoms with Gasteiger partial charge in [0.25, 0.3) is 0 Å². The van der Waals surface area contributed by atoms with Crippen LogP contribution in [0.25, 0.3) is 0 Å². The van der Waals surface area contributed by atoms with Gasteiger partial charge in [0.1, 0.15) is 5.60 Å². The van der Waals surface area contributed by atoms with Crippen LogP contribution >= 0.6 is 0 Å². The molecule has 11 heavy (non-hydrogen) atoms. The maximum Gasteiger partial charge on any atom is 0.156 e.